The van der Waals surface area contributed by atoms with Crippen molar-refractivity contribution in [2.24, 2.45) is 5.92 Å². The summed E-state index contributed by atoms with van der Waals surface area (Å²) in [6, 6.07) is 9.44. The average molecular weight is 362 g/mol. The number of rotatable bonds is 5. The monoisotopic (exact) mass is 361 g/mol. The number of amides is 1. The van der Waals surface area contributed by atoms with Gasteiger partial charge in [-0.05, 0) is 48.7 Å². The third-order valence-corrected chi connectivity index (χ3v) is 4.01. The van der Waals surface area contributed by atoms with Crippen molar-refractivity contribution in [3.63, 3.8) is 0 Å². The highest BCUT2D eigenvalue weighted by Gasteiger charge is 2.07. The Bertz CT molecular complexity index is 671. The number of pyridine rings is 1. The first-order valence-corrected chi connectivity index (χ1v) is 8.02. The number of halogens is 1. The molecule has 116 valence electrons. The summed E-state index contributed by atoms with van der Waals surface area (Å²) in [5.74, 6) is 0.999. The summed E-state index contributed by atoms with van der Waals surface area (Å²) in [6.45, 7) is 6.82. The zero-order chi connectivity index (χ0) is 16.1. The van der Waals surface area contributed by atoms with Crippen LogP contribution in [0.1, 0.15) is 29.8 Å². The van der Waals surface area contributed by atoms with Crippen LogP contribution in [0.4, 0.5) is 11.5 Å². The molecule has 0 fully saturated rings. The van der Waals surface area contributed by atoms with Crippen LogP contribution >= 0.6 is 15.9 Å². The molecule has 2 N–H and O–H groups in total. The number of aryl methyl sites for hydroxylation is 1. The summed E-state index contributed by atoms with van der Waals surface area (Å²) in [5.41, 5.74) is 2.68. The van der Waals surface area contributed by atoms with Crippen LogP contribution in [0.15, 0.2) is 41.0 Å². The highest BCUT2D eigenvalue weighted by molar-refractivity contribution is 9.10. The standard InChI is InChI=1S/C17H20BrN3O/c1-11(2)10-20-17(22)13-6-7-19-16(9-13)21-14-4-5-15(18)12(3)8-14/h4-9,11H,10H2,1-3H3,(H,19,21)(H,20,22). The van der Waals surface area contributed by atoms with Gasteiger partial charge in [0.1, 0.15) is 5.82 Å². The van der Waals surface area contributed by atoms with E-state index in [2.05, 4.69) is 45.4 Å². The molecule has 22 heavy (non-hydrogen) atoms. The number of hydrogen-bond donors (Lipinski definition) is 2. The van der Waals surface area contributed by atoms with Gasteiger partial charge in [0.15, 0.2) is 0 Å². The van der Waals surface area contributed by atoms with Crippen molar-refractivity contribution in [3.05, 3.63) is 52.1 Å². The number of nitrogens with zero attached hydrogens (tertiary/aromatic N) is 1. The Balaban J connectivity index is 2.10. The van der Waals surface area contributed by atoms with Crippen LogP contribution < -0.4 is 10.6 Å². The van der Waals surface area contributed by atoms with Crippen LogP contribution in [0.5, 0.6) is 0 Å². The lowest BCUT2D eigenvalue weighted by molar-refractivity contribution is 0.0949. The van der Waals surface area contributed by atoms with E-state index >= 15 is 0 Å². The molecule has 1 amide bonds. The summed E-state index contributed by atoms with van der Waals surface area (Å²) in [7, 11) is 0. The predicted octanol–water partition coefficient (Wildman–Crippen LogP) is 4.28. The van der Waals surface area contributed by atoms with Gasteiger partial charge in [-0.25, -0.2) is 4.98 Å². The normalized spacial score (nSPS) is 10.6. The third kappa shape index (κ3) is 4.56. The summed E-state index contributed by atoms with van der Waals surface area (Å²) < 4.78 is 1.06. The van der Waals surface area contributed by atoms with Crippen LogP contribution in [0.25, 0.3) is 0 Å². The summed E-state index contributed by atoms with van der Waals surface area (Å²) in [4.78, 5) is 16.3. The fourth-order valence-corrected chi connectivity index (χ4v) is 2.16. The first kappa shape index (κ1) is 16.5. The van der Waals surface area contributed by atoms with Crippen molar-refractivity contribution < 1.29 is 4.79 Å². The first-order valence-electron chi connectivity index (χ1n) is 7.23. The number of hydrogen-bond acceptors (Lipinski definition) is 3. The van der Waals surface area contributed by atoms with Gasteiger partial charge in [0.25, 0.3) is 5.91 Å². The van der Waals surface area contributed by atoms with Crippen molar-refractivity contribution in [1.82, 2.24) is 10.3 Å². The van der Waals surface area contributed by atoms with Gasteiger partial charge in [0.05, 0.1) is 0 Å². The molecule has 4 nitrogen and oxygen atoms in total. The molecule has 5 heteroatoms. The molecule has 0 unspecified atom stereocenters. The Labute approximate surface area is 139 Å². The van der Waals surface area contributed by atoms with Crippen LogP contribution in [-0.2, 0) is 0 Å². The topological polar surface area (TPSA) is 54.0 Å². The smallest absolute Gasteiger partial charge is 0.251 e. The molecule has 0 aliphatic heterocycles. The number of carbonyl (C=O) groups is 1. The fourth-order valence-electron chi connectivity index (χ4n) is 1.91. The van der Waals surface area contributed by atoms with Gasteiger partial charge in [-0.3, -0.25) is 4.79 Å². The van der Waals surface area contributed by atoms with E-state index in [0.29, 0.717) is 23.8 Å². The number of benzene rings is 1. The van der Waals surface area contributed by atoms with Gasteiger partial charge in [0, 0.05) is 28.5 Å². The van der Waals surface area contributed by atoms with E-state index in [1.54, 1.807) is 18.3 Å². The Hall–Kier alpha value is -1.88. The van der Waals surface area contributed by atoms with Gasteiger partial charge < -0.3 is 10.6 Å². The van der Waals surface area contributed by atoms with E-state index in [-0.39, 0.29) is 5.91 Å². The second-order valence-corrected chi connectivity index (χ2v) is 6.48. The maximum atomic E-state index is 12.1. The molecule has 1 heterocycles. The lowest BCUT2D eigenvalue weighted by Crippen LogP contribution is -2.27. The van der Waals surface area contributed by atoms with E-state index in [9.17, 15) is 4.79 Å². The quantitative estimate of drug-likeness (QED) is 0.835. The zero-order valence-electron chi connectivity index (χ0n) is 13.0. The second kappa shape index (κ2) is 7.40. The molecule has 0 saturated heterocycles. The highest BCUT2D eigenvalue weighted by Crippen LogP contribution is 2.22. The molecule has 0 aliphatic rings. The molecule has 0 saturated carbocycles. The van der Waals surface area contributed by atoms with Gasteiger partial charge in [-0.15, -0.1) is 0 Å². The second-order valence-electron chi connectivity index (χ2n) is 5.62. The van der Waals surface area contributed by atoms with E-state index in [1.165, 1.54) is 0 Å². The maximum Gasteiger partial charge on any atom is 0.251 e. The van der Waals surface area contributed by atoms with Gasteiger partial charge in [-0.2, -0.15) is 0 Å². The molecule has 2 aromatic rings. The number of carbonyl (C=O) groups excluding carboxylic acids is 1. The summed E-state index contributed by atoms with van der Waals surface area (Å²) in [5, 5.41) is 6.13. The average Bonchev–Trinajstić information content (AvgIpc) is 2.49. The number of anilines is 2. The molecule has 0 bridgehead atoms. The lowest BCUT2D eigenvalue weighted by atomic mass is 10.2. The van der Waals surface area contributed by atoms with E-state index < -0.39 is 0 Å². The zero-order valence-corrected chi connectivity index (χ0v) is 14.6. The van der Waals surface area contributed by atoms with Crippen LogP contribution in [0, 0.1) is 12.8 Å². The lowest BCUT2D eigenvalue weighted by Gasteiger charge is -2.10. The Kier molecular flexibility index (Phi) is 5.55. The fraction of sp³-hybridized carbons (Fsp3) is 0.294. The highest BCUT2D eigenvalue weighted by atomic mass is 79.9. The molecule has 1 aromatic carbocycles. The van der Waals surface area contributed by atoms with Crippen molar-refractivity contribution in [3.8, 4) is 0 Å². The molecule has 1 aromatic heterocycles. The summed E-state index contributed by atoms with van der Waals surface area (Å²) >= 11 is 3.48. The van der Waals surface area contributed by atoms with Crippen molar-refractivity contribution in [2.45, 2.75) is 20.8 Å². The van der Waals surface area contributed by atoms with Crippen molar-refractivity contribution in [2.75, 3.05) is 11.9 Å². The van der Waals surface area contributed by atoms with E-state index in [0.717, 1.165) is 15.7 Å². The molecule has 0 spiro atoms. The van der Waals surface area contributed by atoms with Gasteiger partial charge >= 0.3 is 0 Å². The van der Waals surface area contributed by atoms with Crippen LogP contribution in [0.3, 0.4) is 0 Å². The summed E-state index contributed by atoms with van der Waals surface area (Å²) in [6.07, 6.45) is 1.64. The molecule has 0 atom stereocenters. The molecular weight excluding hydrogens is 342 g/mol. The SMILES string of the molecule is Cc1cc(Nc2cc(C(=O)NCC(C)C)ccn2)ccc1Br. The van der Waals surface area contributed by atoms with E-state index in [4.69, 9.17) is 0 Å². The minimum atomic E-state index is -0.0777. The minimum absolute atomic E-state index is 0.0777. The molecule has 2 rings (SSSR count). The van der Waals surface area contributed by atoms with E-state index in [1.807, 2.05) is 25.1 Å². The van der Waals surface area contributed by atoms with Crippen LogP contribution in [-0.4, -0.2) is 17.4 Å². The minimum Gasteiger partial charge on any atom is -0.352 e. The van der Waals surface area contributed by atoms with Crippen LogP contribution in [0.2, 0.25) is 0 Å². The molecular formula is C17H20BrN3O. The Morgan fingerprint density at radius 3 is 2.73 bits per heavy atom. The Morgan fingerprint density at radius 2 is 2.05 bits per heavy atom. The molecule has 0 aliphatic carbocycles. The number of aromatic nitrogens is 1. The van der Waals surface area contributed by atoms with Crippen molar-refractivity contribution in [1.29, 1.82) is 0 Å². The third-order valence-electron chi connectivity index (χ3n) is 3.12. The maximum absolute atomic E-state index is 12.1. The molecule has 0 radical (unpaired) electrons. The Morgan fingerprint density at radius 1 is 1.27 bits per heavy atom. The largest absolute Gasteiger partial charge is 0.352 e. The van der Waals surface area contributed by atoms with Gasteiger partial charge in [0.2, 0.25) is 0 Å². The first-order chi connectivity index (χ1) is 10.5. The van der Waals surface area contributed by atoms with Gasteiger partial charge in [-0.1, -0.05) is 29.8 Å². The predicted molar refractivity (Wildman–Crippen MR) is 93.6 cm³/mol. The van der Waals surface area contributed by atoms with Crippen molar-refractivity contribution >= 4 is 33.3 Å². The number of nitrogens with one attached hydrogen (secondary N) is 2.